The minimum absolute atomic E-state index is 0.209. The van der Waals surface area contributed by atoms with Gasteiger partial charge in [-0.2, -0.15) is 0 Å². The summed E-state index contributed by atoms with van der Waals surface area (Å²) in [6.07, 6.45) is -0.242. The van der Waals surface area contributed by atoms with E-state index in [1.807, 2.05) is 24.3 Å². The third kappa shape index (κ3) is 3.51. The molecule has 1 aliphatic rings. The van der Waals surface area contributed by atoms with Crippen molar-refractivity contribution in [3.63, 3.8) is 0 Å². The van der Waals surface area contributed by atoms with E-state index in [1.54, 1.807) is 4.90 Å². The molecule has 1 unspecified atom stereocenters. The summed E-state index contributed by atoms with van der Waals surface area (Å²) in [6, 6.07) is 7.63. The standard InChI is InChI=1S/C15H21F2NO/c1-11(2)13-5-3-12(4-6-13)8-18-10-15(16,17)7-14(18)9-19/h3-6,11,14,19H,7-10H2,1-2H3. The van der Waals surface area contributed by atoms with Crippen LogP contribution < -0.4 is 0 Å². The molecule has 1 aliphatic heterocycles. The average molecular weight is 269 g/mol. The summed E-state index contributed by atoms with van der Waals surface area (Å²) in [7, 11) is 0. The van der Waals surface area contributed by atoms with E-state index in [4.69, 9.17) is 0 Å². The lowest BCUT2D eigenvalue weighted by Gasteiger charge is -2.22. The Hall–Kier alpha value is -1.00. The SMILES string of the molecule is CC(C)c1ccc(CN2CC(F)(F)CC2CO)cc1. The van der Waals surface area contributed by atoms with Gasteiger partial charge in [0.15, 0.2) is 0 Å². The molecule has 1 fully saturated rings. The van der Waals surface area contributed by atoms with Crippen LogP contribution in [0.1, 0.15) is 37.3 Å². The molecule has 1 aromatic rings. The molecular weight excluding hydrogens is 248 g/mol. The Morgan fingerprint density at radius 3 is 2.47 bits per heavy atom. The second-order valence-corrected chi connectivity index (χ2v) is 5.70. The van der Waals surface area contributed by atoms with E-state index in [2.05, 4.69) is 13.8 Å². The molecular formula is C15H21F2NO. The summed E-state index contributed by atoms with van der Waals surface area (Å²) in [5, 5.41) is 9.19. The molecule has 2 rings (SSSR count). The van der Waals surface area contributed by atoms with Crippen molar-refractivity contribution in [1.82, 2.24) is 4.90 Å². The van der Waals surface area contributed by atoms with Crippen LogP contribution in [-0.2, 0) is 6.54 Å². The quantitative estimate of drug-likeness (QED) is 0.908. The maximum atomic E-state index is 13.4. The van der Waals surface area contributed by atoms with Crippen LogP contribution in [0.2, 0.25) is 0 Å². The molecule has 19 heavy (non-hydrogen) atoms. The Kier molecular flexibility index (Phi) is 4.21. The highest BCUT2D eigenvalue weighted by Gasteiger charge is 2.44. The van der Waals surface area contributed by atoms with Crippen molar-refractivity contribution < 1.29 is 13.9 Å². The molecule has 0 radical (unpaired) electrons. The van der Waals surface area contributed by atoms with Gasteiger partial charge in [-0.05, 0) is 17.0 Å². The molecule has 0 bridgehead atoms. The molecule has 1 aromatic carbocycles. The van der Waals surface area contributed by atoms with Crippen LogP contribution in [0.3, 0.4) is 0 Å². The molecule has 4 heteroatoms. The smallest absolute Gasteiger partial charge is 0.262 e. The van der Waals surface area contributed by atoms with Crippen LogP contribution >= 0.6 is 0 Å². The first kappa shape index (κ1) is 14.4. The van der Waals surface area contributed by atoms with Gasteiger partial charge in [-0.15, -0.1) is 0 Å². The molecule has 106 valence electrons. The fraction of sp³-hybridized carbons (Fsp3) is 0.600. The van der Waals surface area contributed by atoms with E-state index in [1.165, 1.54) is 5.56 Å². The number of hydrogen-bond acceptors (Lipinski definition) is 2. The first-order valence-corrected chi connectivity index (χ1v) is 6.73. The van der Waals surface area contributed by atoms with E-state index in [9.17, 15) is 13.9 Å². The monoisotopic (exact) mass is 269 g/mol. The number of nitrogens with zero attached hydrogens (tertiary/aromatic N) is 1. The van der Waals surface area contributed by atoms with Gasteiger partial charge in [0.05, 0.1) is 13.2 Å². The zero-order valence-corrected chi connectivity index (χ0v) is 11.4. The zero-order valence-electron chi connectivity index (χ0n) is 11.4. The second-order valence-electron chi connectivity index (χ2n) is 5.70. The zero-order chi connectivity index (χ0) is 14.0. The lowest BCUT2D eigenvalue weighted by atomic mass is 10.0. The number of benzene rings is 1. The molecule has 0 spiro atoms. The number of alkyl halides is 2. The van der Waals surface area contributed by atoms with Crippen molar-refractivity contribution in [2.45, 2.75) is 44.7 Å². The third-order valence-corrected chi connectivity index (χ3v) is 3.73. The molecule has 1 heterocycles. The van der Waals surface area contributed by atoms with E-state index < -0.39 is 12.0 Å². The largest absolute Gasteiger partial charge is 0.395 e. The first-order chi connectivity index (χ1) is 8.91. The normalized spacial score (nSPS) is 23.2. The van der Waals surface area contributed by atoms with Gasteiger partial charge in [-0.1, -0.05) is 38.1 Å². The van der Waals surface area contributed by atoms with Crippen LogP contribution in [0.5, 0.6) is 0 Å². The van der Waals surface area contributed by atoms with Crippen LogP contribution in [0, 0.1) is 0 Å². The van der Waals surface area contributed by atoms with E-state index in [0.717, 1.165) is 5.56 Å². The van der Waals surface area contributed by atoms with Crippen molar-refractivity contribution in [1.29, 1.82) is 0 Å². The number of likely N-dealkylation sites (tertiary alicyclic amines) is 1. The Labute approximate surface area is 113 Å². The van der Waals surface area contributed by atoms with Gasteiger partial charge in [0.25, 0.3) is 5.92 Å². The number of halogens is 2. The minimum atomic E-state index is -2.68. The number of aliphatic hydroxyl groups excluding tert-OH is 1. The highest BCUT2D eigenvalue weighted by Crippen LogP contribution is 2.32. The summed E-state index contributed by atoms with van der Waals surface area (Å²) < 4.78 is 26.7. The summed E-state index contributed by atoms with van der Waals surface area (Å²) in [4.78, 5) is 1.67. The molecule has 2 nitrogen and oxygen atoms in total. The van der Waals surface area contributed by atoms with Crippen molar-refractivity contribution >= 4 is 0 Å². The lowest BCUT2D eigenvalue weighted by molar-refractivity contribution is 0.0112. The van der Waals surface area contributed by atoms with Gasteiger partial charge in [0.2, 0.25) is 0 Å². The Morgan fingerprint density at radius 1 is 1.32 bits per heavy atom. The van der Waals surface area contributed by atoms with Crippen LogP contribution in [-0.4, -0.2) is 35.1 Å². The van der Waals surface area contributed by atoms with Gasteiger partial charge in [0.1, 0.15) is 0 Å². The fourth-order valence-corrected chi connectivity index (χ4v) is 2.57. The Morgan fingerprint density at radius 2 is 1.95 bits per heavy atom. The van der Waals surface area contributed by atoms with Crippen molar-refractivity contribution in [2.24, 2.45) is 0 Å². The van der Waals surface area contributed by atoms with Gasteiger partial charge < -0.3 is 5.11 Å². The molecule has 1 atom stereocenters. The van der Waals surface area contributed by atoms with Crippen molar-refractivity contribution in [3.8, 4) is 0 Å². The molecule has 0 saturated carbocycles. The van der Waals surface area contributed by atoms with Gasteiger partial charge in [0, 0.05) is 19.0 Å². The molecule has 0 amide bonds. The maximum Gasteiger partial charge on any atom is 0.262 e. The van der Waals surface area contributed by atoms with Gasteiger partial charge >= 0.3 is 0 Å². The van der Waals surface area contributed by atoms with Crippen molar-refractivity contribution in [3.05, 3.63) is 35.4 Å². The Bertz CT molecular complexity index is 417. The maximum absolute atomic E-state index is 13.4. The highest BCUT2D eigenvalue weighted by atomic mass is 19.3. The lowest BCUT2D eigenvalue weighted by Crippen LogP contribution is -2.32. The average Bonchev–Trinajstić information content (AvgIpc) is 2.64. The number of rotatable bonds is 4. The predicted molar refractivity (Wildman–Crippen MR) is 71.4 cm³/mol. The third-order valence-electron chi connectivity index (χ3n) is 3.73. The predicted octanol–water partition coefficient (Wildman–Crippen LogP) is 3.01. The fourth-order valence-electron chi connectivity index (χ4n) is 2.57. The number of aliphatic hydroxyl groups is 1. The summed E-state index contributed by atoms with van der Waals surface area (Å²) in [6.45, 7) is 4.25. The molecule has 0 aromatic heterocycles. The van der Waals surface area contributed by atoms with Gasteiger partial charge in [-0.25, -0.2) is 8.78 Å². The van der Waals surface area contributed by atoms with Crippen LogP contribution in [0.15, 0.2) is 24.3 Å². The molecule has 1 N–H and O–H groups in total. The minimum Gasteiger partial charge on any atom is -0.395 e. The molecule has 1 saturated heterocycles. The van der Waals surface area contributed by atoms with Crippen molar-refractivity contribution in [2.75, 3.05) is 13.2 Å². The van der Waals surface area contributed by atoms with Crippen LogP contribution in [0.25, 0.3) is 0 Å². The van der Waals surface area contributed by atoms with E-state index >= 15 is 0 Å². The van der Waals surface area contributed by atoms with Crippen LogP contribution in [0.4, 0.5) is 8.78 Å². The summed E-state index contributed by atoms with van der Waals surface area (Å²) in [5.74, 6) is -2.21. The Balaban J connectivity index is 2.04. The summed E-state index contributed by atoms with van der Waals surface area (Å²) in [5.41, 5.74) is 2.26. The number of hydrogen-bond donors (Lipinski definition) is 1. The second kappa shape index (κ2) is 5.55. The first-order valence-electron chi connectivity index (χ1n) is 6.73. The summed E-state index contributed by atoms with van der Waals surface area (Å²) >= 11 is 0. The van der Waals surface area contributed by atoms with Gasteiger partial charge in [-0.3, -0.25) is 4.90 Å². The molecule has 0 aliphatic carbocycles. The van der Waals surface area contributed by atoms with E-state index in [-0.39, 0.29) is 19.6 Å². The van der Waals surface area contributed by atoms with E-state index in [0.29, 0.717) is 12.5 Å². The highest BCUT2D eigenvalue weighted by molar-refractivity contribution is 5.24. The topological polar surface area (TPSA) is 23.5 Å².